The summed E-state index contributed by atoms with van der Waals surface area (Å²) in [6.07, 6.45) is 0. The minimum absolute atomic E-state index is 0.0709. The fourth-order valence-electron chi connectivity index (χ4n) is 1.65. The SMILES string of the molecule is Cc1cccc(Oc2cccc(F)c2C#N)c1C. The molecule has 0 aliphatic heterocycles. The average Bonchev–Trinajstić information content (AvgIpc) is 2.35. The molecule has 0 atom stereocenters. The average molecular weight is 241 g/mol. The van der Waals surface area contributed by atoms with Crippen molar-refractivity contribution in [2.75, 3.05) is 0 Å². The van der Waals surface area contributed by atoms with Crippen LogP contribution in [0.25, 0.3) is 0 Å². The third-order valence-corrected chi connectivity index (χ3v) is 2.86. The number of ether oxygens (including phenoxy) is 1. The Balaban J connectivity index is 2.44. The zero-order valence-electron chi connectivity index (χ0n) is 10.2. The van der Waals surface area contributed by atoms with Gasteiger partial charge in [-0.3, -0.25) is 0 Å². The smallest absolute Gasteiger partial charge is 0.148 e. The minimum atomic E-state index is -0.569. The lowest BCUT2D eigenvalue weighted by atomic mass is 10.1. The van der Waals surface area contributed by atoms with Crippen LogP contribution in [0.2, 0.25) is 0 Å². The van der Waals surface area contributed by atoms with Crippen LogP contribution in [0.4, 0.5) is 4.39 Å². The van der Waals surface area contributed by atoms with Crippen LogP contribution in [-0.4, -0.2) is 0 Å². The summed E-state index contributed by atoms with van der Waals surface area (Å²) in [6, 6.07) is 11.8. The lowest BCUT2D eigenvalue weighted by Crippen LogP contribution is -1.94. The molecule has 0 fully saturated rings. The zero-order chi connectivity index (χ0) is 13.1. The van der Waals surface area contributed by atoms with E-state index in [2.05, 4.69) is 0 Å². The predicted octanol–water partition coefficient (Wildman–Crippen LogP) is 4.11. The van der Waals surface area contributed by atoms with E-state index in [4.69, 9.17) is 10.00 Å². The molecule has 0 heterocycles. The highest BCUT2D eigenvalue weighted by Crippen LogP contribution is 2.29. The van der Waals surface area contributed by atoms with Gasteiger partial charge in [0.15, 0.2) is 0 Å². The first kappa shape index (κ1) is 12.1. The molecule has 2 nitrogen and oxygen atoms in total. The second-order valence-electron chi connectivity index (χ2n) is 4.02. The summed E-state index contributed by atoms with van der Waals surface area (Å²) < 4.78 is 19.1. The molecule has 3 heteroatoms. The number of rotatable bonds is 2. The third kappa shape index (κ3) is 2.18. The van der Waals surface area contributed by atoms with Crippen LogP contribution in [-0.2, 0) is 0 Å². The van der Waals surface area contributed by atoms with Crippen LogP contribution >= 0.6 is 0 Å². The van der Waals surface area contributed by atoms with E-state index < -0.39 is 5.82 Å². The van der Waals surface area contributed by atoms with Crippen molar-refractivity contribution in [3.05, 3.63) is 58.9 Å². The van der Waals surface area contributed by atoms with Crippen molar-refractivity contribution in [2.24, 2.45) is 0 Å². The normalized spacial score (nSPS) is 9.89. The van der Waals surface area contributed by atoms with E-state index in [1.54, 1.807) is 12.1 Å². The molecule has 18 heavy (non-hydrogen) atoms. The maximum atomic E-state index is 13.4. The van der Waals surface area contributed by atoms with Crippen molar-refractivity contribution in [1.82, 2.24) is 0 Å². The maximum Gasteiger partial charge on any atom is 0.148 e. The summed E-state index contributed by atoms with van der Waals surface area (Å²) >= 11 is 0. The molecule has 0 aromatic heterocycles. The van der Waals surface area contributed by atoms with Gasteiger partial charge in [-0.2, -0.15) is 5.26 Å². The standard InChI is InChI=1S/C15H12FNO/c1-10-5-3-7-14(11(10)2)18-15-8-4-6-13(16)12(15)9-17/h3-8H,1-2H3. The van der Waals surface area contributed by atoms with Gasteiger partial charge in [-0.1, -0.05) is 18.2 Å². The van der Waals surface area contributed by atoms with Gasteiger partial charge in [0.2, 0.25) is 0 Å². The first-order valence-corrected chi connectivity index (χ1v) is 5.56. The van der Waals surface area contributed by atoms with Crippen molar-refractivity contribution >= 4 is 0 Å². The van der Waals surface area contributed by atoms with Crippen molar-refractivity contribution in [3.63, 3.8) is 0 Å². The van der Waals surface area contributed by atoms with Gasteiger partial charge < -0.3 is 4.74 Å². The third-order valence-electron chi connectivity index (χ3n) is 2.86. The Morgan fingerprint density at radius 1 is 1.06 bits per heavy atom. The second kappa shape index (κ2) is 4.89. The lowest BCUT2D eigenvalue weighted by Gasteiger charge is -2.11. The molecule has 2 aromatic carbocycles. The second-order valence-corrected chi connectivity index (χ2v) is 4.02. The van der Waals surface area contributed by atoms with Gasteiger partial charge >= 0.3 is 0 Å². The molecular formula is C15H12FNO. The summed E-state index contributed by atoms with van der Waals surface area (Å²) in [5.74, 6) is 0.309. The number of nitrogens with zero attached hydrogens (tertiary/aromatic N) is 1. The van der Waals surface area contributed by atoms with E-state index in [-0.39, 0.29) is 11.3 Å². The van der Waals surface area contributed by atoms with Gasteiger partial charge in [0, 0.05) is 0 Å². The summed E-state index contributed by atoms with van der Waals surface area (Å²) in [4.78, 5) is 0. The van der Waals surface area contributed by atoms with Crippen LogP contribution in [0, 0.1) is 31.0 Å². The van der Waals surface area contributed by atoms with Crippen LogP contribution in [0.15, 0.2) is 36.4 Å². The number of hydrogen-bond acceptors (Lipinski definition) is 2. The molecule has 0 bridgehead atoms. The zero-order valence-corrected chi connectivity index (χ0v) is 10.2. The fourth-order valence-corrected chi connectivity index (χ4v) is 1.65. The van der Waals surface area contributed by atoms with Crippen LogP contribution in [0.1, 0.15) is 16.7 Å². The van der Waals surface area contributed by atoms with Gasteiger partial charge in [-0.05, 0) is 43.2 Å². The molecule has 0 aliphatic rings. The molecule has 0 unspecified atom stereocenters. The van der Waals surface area contributed by atoms with Crippen molar-refractivity contribution in [3.8, 4) is 17.6 Å². The topological polar surface area (TPSA) is 33.0 Å². The molecular weight excluding hydrogens is 229 g/mol. The van der Waals surface area contributed by atoms with Gasteiger partial charge in [-0.25, -0.2) is 4.39 Å². The van der Waals surface area contributed by atoms with Crippen LogP contribution in [0.3, 0.4) is 0 Å². The molecule has 2 rings (SSSR count). The highest BCUT2D eigenvalue weighted by molar-refractivity contribution is 5.48. The van der Waals surface area contributed by atoms with Crippen molar-refractivity contribution in [1.29, 1.82) is 5.26 Å². The van der Waals surface area contributed by atoms with Gasteiger partial charge in [0.1, 0.15) is 28.9 Å². The predicted molar refractivity (Wildman–Crippen MR) is 67.1 cm³/mol. The summed E-state index contributed by atoms with van der Waals surface area (Å²) in [6.45, 7) is 3.90. The summed E-state index contributed by atoms with van der Waals surface area (Å²) in [5, 5.41) is 8.93. The maximum absolute atomic E-state index is 13.4. The Morgan fingerprint density at radius 2 is 1.72 bits per heavy atom. The van der Waals surface area contributed by atoms with E-state index in [1.165, 1.54) is 12.1 Å². The monoisotopic (exact) mass is 241 g/mol. The number of benzene rings is 2. The Morgan fingerprint density at radius 3 is 2.44 bits per heavy atom. The largest absolute Gasteiger partial charge is 0.456 e. The highest BCUT2D eigenvalue weighted by atomic mass is 19.1. The summed E-state index contributed by atoms with van der Waals surface area (Å²) in [7, 11) is 0. The first-order valence-electron chi connectivity index (χ1n) is 5.56. The molecule has 0 aliphatic carbocycles. The Hall–Kier alpha value is -2.34. The number of hydrogen-bond donors (Lipinski definition) is 0. The molecule has 0 N–H and O–H groups in total. The van der Waals surface area contributed by atoms with Gasteiger partial charge in [-0.15, -0.1) is 0 Å². The minimum Gasteiger partial charge on any atom is -0.456 e. The Labute approximate surface area is 105 Å². The molecule has 2 aromatic rings. The quantitative estimate of drug-likeness (QED) is 0.792. The molecule has 0 amide bonds. The lowest BCUT2D eigenvalue weighted by molar-refractivity contribution is 0.470. The number of nitriles is 1. The first-order chi connectivity index (χ1) is 8.63. The van der Waals surface area contributed by atoms with E-state index in [0.717, 1.165) is 11.1 Å². The van der Waals surface area contributed by atoms with Gasteiger partial charge in [0.25, 0.3) is 0 Å². The molecule has 90 valence electrons. The fraction of sp³-hybridized carbons (Fsp3) is 0.133. The number of aryl methyl sites for hydroxylation is 1. The Bertz CT molecular complexity index is 629. The molecule has 0 spiro atoms. The Kier molecular flexibility index (Phi) is 3.29. The van der Waals surface area contributed by atoms with E-state index in [0.29, 0.717) is 5.75 Å². The van der Waals surface area contributed by atoms with E-state index >= 15 is 0 Å². The van der Waals surface area contributed by atoms with Crippen LogP contribution in [0.5, 0.6) is 11.5 Å². The highest BCUT2D eigenvalue weighted by Gasteiger charge is 2.11. The molecule has 0 saturated carbocycles. The summed E-state index contributed by atoms with van der Waals surface area (Å²) in [5.41, 5.74) is 1.99. The van der Waals surface area contributed by atoms with E-state index in [1.807, 2.05) is 32.0 Å². The van der Waals surface area contributed by atoms with Crippen LogP contribution < -0.4 is 4.74 Å². The van der Waals surface area contributed by atoms with Gasteiger partial charge in [0.05, 0.1) is 0 Å². The molecule has 0 radical (unpaired) electrons. The molecule has 0 saturated heterocycles. The van der Waals surface area contributed by atoms with E-state index in [9.17, 15) is 4.39 Å². The van der Waals surface area contributed by atoms with Crippen molar-refractivity contribution < 1.29 is 9.13 Å². The van der Waals surface area contributed by atoms with Crippen molar-refractivity contribution in [2.45, 2.75) is 13.8 Å². The number of halogens is 1.